The Kier molecular flexibility index (Phi) is 3.67. The van der Waals surface area contributed by atoms with Crippen LogP contribution < -0.4 is 31.3 Å². The van der Waals surface area contributed by atoms with Gasteiger partial charge in [0.1, 0.15) is 23.0 Å². The lowest BCUT2D eigenvalue weighted by Crippen LogP contribution is -2.58. The summed E-state index contributed by atoms with van der Waals surface area (Å²) in [6.07, 6.45) is 0. The van der Waals surface area contributed by atoms with Crippen LogP contribution in [0.2, 0.25) is 0 Å². The van der Waals surface area contributed by atoms with Crippen LogP contribution in [0, 0.1) is 0 Å². The van der Waals surface area contributed by atoms with Crippen molar-refractivity contribution in [3.05, 3.63) is 60.2 Å². The highest BCUT2D eigenvalue weighted by Crippen LogP contribution is 2.35. The van der Waals surface area contributed by atoms with Crippen LogP contribution in [-0.2, 0) is 5.41 Å². The Bertz CT molecular complexity index is 1100. The molecule has 3 aromatic carbocycles. The van der Waals surface area contributed by atoms with E-state index in [0.29, 0.717) is 17.0 Å². The lowest BCUT2D eigenvalue weighted by molar-refractivity contribution is 0.423. The zero-order valence-corrected chi connectivity index (χ0v) is 16.1. The molecule has 2 heterocycles. The monoisotopic (exact) mass is 370 g/mol. The highest BCUT2D eigenvalue weighted by atomic mass is 16.5. The van der Waals surface area contributed by atoms with E-state index in [1.165, 1.54) is 5.56 Å². The Hall–Kier alpha value is -2.69. The zero-order valence-electron chi connectivity index (χ0n) is 16.1. The number of rotatable bonds is 1. The van der Waals surface area contributed by atoms with Gasteiger partial charge < -0.3 is 19.5 Å². The summed E-state index contributed by atoms with van der Waals surface area (Å²) in [7, 11) is -1.59. The molecule has 0 unspecified atom stereocenters. The van der Waals surface area contributed by atoms with E-state index in [1.54, 1.807) is 12.1 Å². The fourth-order valence-electron chi connectivity index (χ4n) is 4.08. The molecule has 0 aromatic heterocycles. The van der Waals surface area contributed by atoms with Crippen molar-refractivity contribution in [2.75, 3.05) is 0 Å². The van der Waals surface area contributed by atoms with Crippen LogP contribution in [0.25, 0.3) is 0 Å². The molecule has 0 saturated carbocycles. The topological polar surface area (TPSA) is 58.9 Å². The summed E-state index contributed by atoms with van der Waals surface area (Å²) in [5.41, 5.74) is 4.65. The minimum atomic E-state index is -1.59. The molecule has 5 rings (SSSR count). The maximum atomic E-state index is 9.71. The second-order valence-corrected chi connectivity index (χ2v) is 8.48. The molecule has 0 aliphatic carbocycles. The molecular formula is C22H20B2O4. The molecule has 0 spiro atoms. The van der Waals surface area contributed by atoms with Gasteiger partial charge in [-0.15, -0.1) is 0 Å². The third-order valence-electron chi connectivity index (χ3n) is 5.57. The van der Waals surface area contributed by atoms with E-state index in [2.05, 4.69) is 45.0 Å². The molecular weight excluding hydrogens is 350 g/mol. The van der Waals surface area contributed by atoms with Crippen LogP contribution in [0.15, 0.2) is 54.6 Å². The van der Waals surface area contributed by atoms with Gasteiger partial charge in [0, 0.05) is 5.46 Å². The fourth-order valence-corrected chi connectivity index (χ4v) is 4.08. The first-order valence-electron chi connectivity index (χ1n) is 9.46. The molecule has 0 saturated heterocycles. The first-order valence-corrected chi connectivity index (χ1v) is 9.46. The largest absolute Gasteiger partial charge is 0.488 e. The Morgan fingerprint density at radius 1 is 0.786 bits per heavy atom. The molecule has 2 aliphatic heterocycles. The van der Waals surface area contributed by atoms with Crippen molar-refractivity contribution in [2.24, 2.45) is 0 Å². The first kappa shape index (κ1) is 17.4. The Labute approximate surface area is 165 Å². The molecule has 2 N–H and O–H groups in total. The SMILES string of the molecule is CC(C)(C)c1ccc2c(c1)Oc1cc(B(O)O)cc3c1B2c1ccccc1O3. The Balaban J connectivity index is 1.78. The average molecular weight is 370 g/mol. The normalized spacial score (nSPS) is 13.7. The summed E-state index contributed by atoms with van der Waals surface area (Å²) in [5, 5.41) is 19.4. The van der Waals surface area contributed by atoms with E-state index >= 15 is 0 Å². The Morgan fingerprint density at radius 3 is 2.11 bits per heavy atom. The average Bonchev–Trinajstić information content (AvgIpc) is 2.66. The van der Waals surface area contributed by atoms with Crippen molar-refractivity contribution < 1.29 is 19.5 Å². The van der Waals surface area contributed by atoms with Crippen LogP contribution in [0.4, 0.5) is 0 Å². The third kappa shape index (κ3) is 2.56. The van der Waals surface area contributed by atoms with Gasteiger partial charge in [-0.1, -0.05) is 51.1 Å². The predicted molar refractivity (Wildman–Crippen MR) is 113 cm³/mol. The van der Waals surface area contributed by atoms with E-state index in [0.717, 1.165) is 27.9 Å². The molecule has 0 radical (unpaired) electrons. The Morgan fingerprint density at radius 2 is 1.43 bits per heavy atom. The summed E-state index contributed by atoms with van der Waals surface area (Å²) in [6.45, 7) is 6.51. The number of hydrogen-bond donors (Lipinski definition) is 2. The molecule has 2 aliphatic rings. The van der Waals surface area contributed by atoms with Gasteiger partial charge in [0.05, 0.1) is 0 Å². The highest BCUT2D eigenvalue weighted by Gasteiger charge is 2.41. The smallest absolute Gasteiger partial charge is 0.458 e. The van der Waals surface area contributed by atoms with Crippen molar-refractivity contribution >= 4 is 35.7 Å². The molecule has 0 atom stereocenters. The van der Waals surface area contributed by atoms with Crippen molar-refractivity contribution in [1.82, 2.24) is 0 Å². The number of para-hydroxylation sites is 1. The van der Waals surface area contributed by atoms with Crippen LogP contribution in [0.3, 0.4) is 0 Å². The van der Waals surface area contributed by atoms with E-state index in [4.69, 9.17) is 9.47 Å². The maximum Gasteiger partial charge on any atom is 0.488 e. The summed E-state index contributed by atoms with van der Waals surface area (Å²) in [5.74, 6) is 2.80. The summed E-state index contributed by atoms with van der Waals surface area (Å²) >= 11 is 0. The number of benzene rings is 3. The van der Waals surface area contributed by atoms with E-state index in [1.807, 2.05) is 18.2 Å². The number of fused-ring (bicyclic) bond motifs is 4. The van der Waals surface area contributed by atoms with Crippen molar-refractivity contribution in [1.29, 1.82) is 0 Å². The van der Waals surface area contributed by atoms with Crippen molar-refractivity contribution in [3.63, 3.8) is 0 Å². The minimum Gasteiger partial charge on any atom is -0.458 e. The van der Waals surface area contributed by atoms with Gasteiger partial charge >= 0.3 is 7.12 Å². The molecule has 0 fully saturated rings. The molecule has 28 heavy (non-hydrogen) atoms. The van der Waals surface area contributed by atoms with Gasteiger partial charge in [0.15, 0.2) is 0 Å². The van der Waals surface area contributed by atoms with Crippen LogP contribution in [0.1, 0.15) is 26.3 Å². The van der Waals surface area contributed by atoms with Gasteiger partial charge in [-0.05, 0) is 51.6 Å². The van der Waals surface area contributed by atoms with Crippen LogP contribution >= 0.6 is 0 Å². The van der Waals surface area contributed by atoms with Gasteiger partial charge in [-0.25, -0.2) is 0 Å². The maximum absolute atomic E-state index is 9.71. The quantitative estimate of drug-likeness (QED) is 0.438. The number of hydrogen-bond acceptors (Lipinski definition) is 4. The molecule has 0 amide bonds. The van der Waals surface area contributed by atoms with Crippen molar-refractivity contribution in [2.45, 2.75) is 26.2 Å². The third-order valence-corrected chi connectivity index (χ3v) is 5.57. The highest BCUT2D eigenvalue weighted by molar-refractivity contribution is 6.98. The van der Waals surface area contributed by atoms with Gasteiger partial charge in [-0.2, -0.15) is 0 Å². The molecule has 3 aromatic rings. The predicted octanol–water partition coefficient (Wildman–Crippen LogP) is 1.39. The van der Waals surface area contributed by atoms with Gasteiger partial charge in [0.25, 0.3) is 6.71 Å². The second-order valence-electron chi connectivity index (χ2n) is 8.48. The van der Waals surface area contributed by atoms with Crippen molar-refractivity contribution in [3.8, 4) is 23.0 Å². The molecule has 138 valence electrons. The van der Waals surface area contributed by atoms with E-state index in [9.17, 15) is 10.0 Å². The second kappa shape index (κ2) is 5.90. The lowest BCUT2D eigenvalue weighted by Gasteiger charge is -2.34. The first-order chi connectivity index (χ1) is 13.3. The minimum absolute atomic E-state index is 0.000547. The molecule has 6 heteroatoms. The summed E-state index contributed by atoms with van der Waals surface area (Å²) < 4.78 is 12.4. The summed E-state index contributed by atoms with van der Waals surface area (Å²) in [4.78, 5) is 0. The van der Waals surface area contributed by atoms with Gasteiger partial charge in [0.2, 0.25) is 0 Å². The zero-order chi connectivity index (χ0) is 19.6. The fraction of sp³-hybridized carbons (Fsp3) is 0.182. The van der Waals surface area contributed by atoms with E-state index in [-0.39, 0.29) is 12.1 Å². The van der Waals surface area contributed by atoms with Crippen LogP contribution in [0.5, 0.6) is 23.0 Å². The van der Waals surface area contributed by atoms with Crippen LogP contribution in [-0.4, -0.2) is 23.9 Å². The van der Waals surface area contributed by atoms with E-state index < -0.39 is 7.12 Å². The molecule has 0 bridgehead atoms. The lowest BCUT2D eigenvalue weighted by atomic mass is 9.34. The van der Waals surface area contributed by atoms with Gasteiger partial charge in [-0.3, -0.25) is 0 Å². The standard InChI is InChI=1S/C22H20B2O4/c1-22(2,3)13-8-9-16-18(10-13)28-20-12-14(24(25)26)11-19-21(20)23(16)15-6-4-5-7-17(15)27-19/h4-12,25-26H,1-3H3. The summed E-state index contributed by atoms with van der Waals surface area (Å²) in [6, 6.07) is 17.8. The molecule has 4 nitrogen and oxygen atoms in total. The number of ether oxygens (including phenoxy) is 2.